The van der Waals surface area contributed by atoms with Crippen LogP contribution in [0, 0.1) is 12.7 Å². The van der Waals surface area contributed by atoms with E-state index in [1.807, 2.05) is 31.2 Å². The molecule has 2 aromatic rings. The highest BCUT2D eigenvalue weighted by Crippen LogP contribution is 2.21. The van der Waals surface area contributed by atoms with Gasteiger partial charge >= 0.3 is 0 Å². The van der Waals surface area contributed by atoms with E-state index >= 15 is 0 Å². The van der Waals surface area contributed by atoms with E-state index in [4.69, 9.17) is 9.47 Å². The average molecular weight is 355 g/mol. The van der Waals surface area contributed by atoms with Crippen molar-refractivity contribution in [2.45, 2.75) is 13.0 Å². The summed E-state index contributed by atoms with van der Waals surface area (Å²) in [6.07, 6.45) is -0.839. The maximum absolute atomic E-state index is 13.5. The molecule has 0 aliphatic carbocycles. The number of aliphatic hydroxyl groups is 1. The van der Waals surface area contributed by atoms with Crippen LogP contribution in [0.5, 0.6) is 11.5 Å². The van der Waals surface area contributed by atoms with Crippen LogP contribution in [-0.4, -0.2) is 24.4 Å². The molecular formula is C16H16BrFO3. The van der Waals surface area contributed by atoms with E-state index in [9.17, 15) is 9.50 Å². The molecule has 0 radical (unpaired) electrons. The smallest absolute Gasteiger partial charge is 0.166 e. The van der Waals surface area contributed by atoms with Gasteiger partial charge in [0.15, 0.2) is 11.6 Å². The third kappa shape index (κ3) is 5.02. The van der Waals surface area contributed by atoms with E-state index in [-0.39, 0.29) is 19.0 Å². The first-order chi connectivity index (χ1) is 10.0. The number of hydrogen-bond acceptors (Lipinski definition) is 3. The molecule has 2 aromatic carbocycles. The van der Waals surface area contributed by atoms with Crippen molar-refractivity contribution in [2.24, 2.45) is 0 Å². The summed E-state index contributed by atoms with van der Waals surface area (Å²) in [6, 6.07) is 12.0. The fraction of sp³-hybridized carbons (Fsp3) is 0.250. The van der Waals surface area contributed by atoms with Crippen LogP contribution in [0.3, 0.4) is 0 Å². The number of aliphatic hydroxyl groups excluding tert-OH is 1. The third-order valence-corrected chi connectivity index (χ3v) is 3.28. The Bertz CT molecular complexity index is 587. The first kappa shape index (κ1) is 15.8. The molecule has 0 aliphatic heterocycles. The van der Waals surface area contributed by atoms with Gasteiger partial charge in [0.25, 0.3) is 0 Å². The van der Waals surface area contributed by atoms with E-state index in [0.29, 0.717) is 10.2 Å². The molecule has 0 saturated heterocycles. The van der Waals surface area contributed by atoms with E-state index in [1.165, 1.54) is 12.1 Å². The largest absolute Gasteiger partial charge is 0.491 e. The Kier molecular flexibility index (Phi) is 5.59. The maximum Gasteiger partial charge on any atom is 0.166 e. The molecule has 5 heteroatoms. The van der Waals surface area contributed by atoms with Crippen molar-refractivity contribution in [1.82, 2.24) is 0 Å². The van der Waals surface area contributed by atoms with E-state index < -0.39 is 11.9 Å². The molecule has 0 amide bonds. The molecule has 0 saturated carbocycles. The molecule has 0 heterocycles. The summed E-state index contributed by atoms with van der Waals surface area (Å²) in [6.45, 7) is 2.03. The lowest BCUT2D eigenvalue weighted by Crippen LogP contribution is -2.25. The third-order valence-electron chi connectivity index (χ3n) is 2.79. The van der Waals surface area contributed by atoms with Gasteiger partial charge < -0.3 is 14.6 Å². The zero-order valence-corrected chi connectivity index (χ0v) is 13.1. The van der Waals surface area contributed by atoms with Gasteiger partial charge in [-0.25, -0.2) is 4.39 Å². The van der Waals surface area contributed by atoms with Gasteiger partial charge in [0.1, 0.15) is 25.1 Å². The normalized spacial score (nSPS) is 12.0. The topological polar surface area (TPSA) is 38.7 Å². The van der Waals surface area contributed by atoms with Crippen LogP contribution in [0.25, 0.3) is 0 Å². The molecule has 0 bridgehead atoms. The predicted molar refractivity (Wildman–Crippen MR) is 82.3 cm³/mol. The Balaban J connectivity index is 1.79. The predicted octanol–water partition coefficient (Wildman–Crippen LogP) is 3.72. The second-order valence-corrected chi connectivity index (χ2v) is 5.58. The van der Waals surface area contributed by atoms with Crippen LogP contribution in [0.2, 0.25) is 0 Å². The molecule has 21 heavy (non-hydrogen) atoms. The molecule has 1 N–H and O–H groups in total. The Morgan fingerprint density at radius 3 is 2.43 bits per heavy atom. The first-order valence-corrected chi connectivity index (χ1v) is 7.29. The number of ether oxygens (including phenoxy) is 2. The van der Waals surface area contributed by atoms with Gasteiger partial charge in [-0.1, -0.05) is 33.6 Å². The van der Waals surface area contributed by atoms with Gasteiger partial charge in [-0.15, -0.1) is 0 Å². The van der Waals surface area contributed by atoms with Crippen molar-refractivity contribution < 1.29 is 19.0 Å². The minimum absolute atomic E-state index is 0.0373. The van der Waals surface area contributed by atoms with Gasteiger partial charge in [0, 0.05) is 4.47 Å². The monoisotopic (exact) mass is 354 g/mol. The van der Waals surface area contributed by atoms with E-state index in [2.05, 4.69) is 15.9 Å². The molecule has 1 unspecified atom stereocenters. The van der Waals surface area contributed by atoms with Gasteiger partial charge in [-0.3, -0.25) is 0 Å². The summed E-state index contributed by atoms with van der Waals surface area (Å²) < 4.78 is 24.8. The Labute approximate surface area is 131 Å². The molecule has 1 atom stereocenters. The standard InChI is InChI=1S/C16H16BrFO3/c1-11-2-5-14(6-3-11)20-9-13(19)10-21-16-7-4-12(17)8-15(16)18/h2-8,13,19H,9-10H2,1H3. The molecule has 0 aliphatic rings. The molecular weight excluding hydrogens is 339 g/mol. The highest BCUT2D eigenvalue weighted by atomic mass is 79.9. The minimum atomic E-state index is -0.839. The van der Waals surface area contributed by atoms with Crippen molar-refractivity contribution in [1.29, 1.82) is 0 Å². The molecule has 0 spiro atoms. The summed E-state index contributed by atoms with van der Waals surface area (Å²) in [5, 5.41) is 9.79. The van der Waals surface area contributed by atoms with Crippen molar-refractivity contribution in [2.75, 3.05) is 13.2 Å². The van der Waals surface area contributed by atoms with Gasteiger partial charge in [-0.05, 0) is 37.3 Å². The quantitative estimate of drug-likeness (QED) is 0.859. The fourth-order valence-electron chi connectivity index (χ4n) is 1.65. The number of halogens is 2. The summed E-state index contributed by atoms with van der Waals surface area (Å²) >= 11 is 3.17. The van der Waals surface area contributed by atoms with Crippen molar-refractivity contribution >= 4 is 15.9 Å². The number of hydrogen-bond donors (Lipinski definition) is 1. The van der Waals surface area contributed by atoms with Crippen LogP contribution in [0.4, 0.5) is 4.39 Å². The van der Waals surface area contributed by atoms with Crippen LogP contribution in [0.1, 0.15) is 5.56 Å². The number of benzene rings is 2. The number of aryl methyl sites for hydroxylation is 1. The van der Waals surface area contributed by atoms with Crippen LogP contribution < -0.4 is 9.47 Å². The molecule has 3 nitrogen and oxygen atoms in total. The lowest BCUT2D eigenvalue weighted by molar-refractivity contribution is 0.0612. The Morgan fingerprint density at radius 1 is 1.10 bits per heavy atom. The summed E-state index contributed by atoms with van der Waals surface area (Å²) in [5.41, 5.74) is 1.14. The van der Waals surface area contributed by atoms with Crippen molar-refractivity contribution in [3.63, 3.8) is 0 Å². The summed E-state index contributed by atoms with van der Waals surface area (Å²) in [5.74, 6) is 0.304. The van der Waals surface area contributed by atoms with Gasteiger partial charge in [0.05, 0.1) is 0 Å². The van der Waals surface area contributed by atoms with Crippen molar-refractivity contribution in [3.8, 4) is 11.5 Å². The van der Waals surface area contributed by atoms with Crippen LogP contribution in [-0.2, 0) is 0 Å². The highest BCUT2D eigenvalue weighted by molar-refractivity contribution is 9.10. The molecule has 2 rings (SSSR count). The zero-order chi connectivity index (χ0) is 15.2. The van der Waals surface area contributed by atoms with E-state index in [0.717, 1.165) is 5.56 Å². The minimum Gasteiger partial charge on any atom is -0.491 e. The molecule has 112 valence electrons. The highest BCUT2D eigenvalue weighted by Gasteiger charge is 2.09. The molecule has 0 aromatic heterocycles. The Morgan fingerprint density at radius 2 is 1.76 bits per heavy atom. The summed E-state index contributed by atoms with van der Waals surface area (Å²) in [4.78, 5) is 0. The first-order valence-electron chi connectivity index (χ1n) is 6.50. The van der Waals surface area contributed by atoms with Gasteiger partial charge in [0.2, 0.25) is 0 Å². The second-order valence-electron chi connectivity index (χ2n) is 4.66. The molecule has 0 fully saturated rings. The second kappa shape index (κ2) is 7.43. The SMILES string of the molecule is Cc1ccc(OCC(O)COc2ccc(Br)cc2F)cc1. The van der Waals surface area contributed by atoms with Crippen molar-refractivity contribution in [3.05, 3.63) is 58.3 Å². The van der Waals surface area contributed by atoms with Gasteiger partial charge in [-0.2, -0.15) is 0 Å². The lowest BCUT2D eigenvalue weighted by atomic mass is 10.2. The Hall–Kier alpha value is -1.59. The maximum atomic E-state index is 13.5. The van der Waals surface area contributed by atoms with Crippen LogP contribution >= 0.6 is 15.9 Å². The fourth-order valence-corrected chi connectivity index (χ4v) is 1.99. The number of rotatable bonds is 6. The average Bonchev–Trinajstić information content (AvgIpc) is 2.46. The zero-order valence-electron chi connectivity index (χ0n) is 11.6. The van der Waals surface area contributed by atoms with E-state index in [1.54, 1.807) is 6.07 Å². The summed E-state index contributed by atoms with van der Waals surface area (Å²) in [7, 11) is 0. The van der Waals surface area contributed by atoms with Crippen LogP contribution in [0.15, 0.2) is 46.9 Å². The lowest BCUT2D eigenvalue weighted by Gasteiger charge is -2.14.